The number of aromatic nitrogens is 3. The molecule has 8 nitrogen and oxygen atoms in total. The Morgan fingerprint density at radius 2 is 1.68 bits per heavy atom. The summed E-state index contributed by atoms with van der Waals surface area (Å²) < 4.78 is 6.04. The lowest BCUT2D eigenvalue weighted by Crippen LogP contribution is -2.15. The van der Waals surface area contributed by atoms with E-state index in [4.69, 9.17) is 15.3 Å². The molecule has 0 amide bonds. The number of hydrogen-bond acceptors (Lipinski definition) is 8. The van der Waals surface area contributed by atoms with Gasteiger partial charge in [-0.2, -0.15) is 25.5 Å². The van der Waals surface area contributed by atoms with E-state index in [2.05, 4.69) is 26.3 Å². The molecule has 0 aliphatic heterocycles. The highest BCUT2D eigenvalue weighted by Crippen LogP contribution is 2.30. The van der Waals surface area contributed by atoms with Gasteiger partial charge in [0.15, 0.2) is 0 Å². The van der Waals surface area contributed by atoms with Gasteiger partial charge < -0.3 is 15.0 Å². The van der Waals surface area contributed by atoms with Gasteiger partial charge in [0.1, 0.15) is 5.75 Å². The minimum atomic E-state index is 0.154. The van der Waals surface area contributed by atoms with Gasteiger partial charge >= 0.3 is 6.01 Å². The molecule has 3 rings (SSSR count). The molecule has 0 spiro atoms. The zero-order valence-corrected chi connectivity index (χ0v) is 17.7. The summed E-state index contributed by atoms with van der Waals surface area (Å²) in [5, 5.41) is 20.8. The van der Waals surface area contributed by atoms with Crippen molar-refractivity contribution in [3.63, 3.8) is 0 Å². The number of aryl methyl sites for hydroxylation is 2. The number of nitrogens with one attached hydrogen (secondary N) is 1. The van der Waals surface area contributed by atoms with Gasteiger partial charge in [0.25, 0.3) is 0 Å². The van der Waals surface area contributed by atoms with Crippen LogP contribution in [0.15, 0.2) is 42.5 Å². The first-order valence-electron chi connectivity index (χ1n) is 9.45. The number of benzene rings is 2. The molecule has 8 heteroatoms. The van der Waals surface area contributed by atoms with E-state index in [1.807, 2.05) is 46.1 Å². The van der Waals surface area contributed by atoms with E-state index in [1.54, 1.807) is 35.2 Å². The second kappa shape index (κ2) is 9.38. The number of nitrogens with zero attached hydrogens (tertiary/aromatic N) is 6. The molecule has 1 heterocycles. The SMILES string of the molecule is Cc1cc(/C=C/C#N)cc(C)c1Oc1nc(Nc2ccc(C#N)cc2)nc(N(C)C)n1. The molecule has 1 aromatic heterocycles. The van der Waals surface area contributed by atoms with Gasteiger partial charge in [0.05, 0.1) is 17.7 Å². The molecular weight excluding hydrogens is 390 g/mol. The van der Waals surface area contributed by atoms with Crippen molar-refractivity contribution in [2.75, 3.05) is 24.3 Å². The van der Waals surface area contributed by atoms with Crippen molar-refractivity contribution in [3.05, 3.63) is 64.7 Å². The van der Waals surface area contributed by atoms with Gasteiger partial charge in [-0.3, -0.25) is 0 Å². The lowest BCUT2D eigenvalue weighted by molar-refractivity contribution is 0.434. The van der Waals surface area contributed by atoms with Crippen LogP contribution in [0, 0.1) is 36.5 Å². The third-order valence-corrected chi connectivity index (χ3v) is 4.30. The van der Waals surface area contributed by atoms with E-state index >= 15 is 0 Å². The first-order chi connectivity index (χ1) is 14.9. The Hall–Kier alpha value is -4.43. The van der Waals surface area contributed by atoms with Crippen molar-refractivity contribution in [2.45, 2.75) is 13.8 Å². The number of allylic oxidation sites excluding steroid dienone is 1. The van der Waals surface area contributed by atoms with Crippen molar-refractivity contribution < 1.29 is 4.74 Å². The fourth-order valence-electron chi connectivity index (χ4n) is 2.87. The summed E-state index contributed by atoms with van der Waals surface area (Å²) in [6.07, 6.45) is 3.18. The third-order valence-electron chi connectivity index (χ3n) is 4.30. The van der Waals surface area contributed by atoms with Gasteiger partial charge in [-0.15, -0.1) is 0 Å². The summed E-state index contributed by atoms with van der Waals surface area (Å²) in [6.45, 7) is 3.85. The van der Waals surface area contributed by atoms with Crippen LogP contribution in [0.25, 0.3) is 6.08 Å². The first-order valence-corrected chi connectivity index (χ1v) is 9.45. The maximum absolute atomic E-state index is 8.95. The minimum absolute atomic E-state index is 0.154. The normalized spacial score (nSPS) is 10.4. The monoisotopic (exact) mass is 411 g/mol. The molecule has 0 fully saturated rings. The van der Waals surface area contributed by atoms with Crippen LogP contribution in [0.1, 0.15) is 22.3 Å². The number of hydrogen-bond donors (Lipinski definition) is 1. The largest absolute Gasteiger partial charge is 0.424 e. The molecule has 0 saturated heterocycles. The highest BCUT2D eigenvalue weighted by atomic mass is 16.5. The molecule has 31 heavy (non-hydrogen) atoms. The van der Waals surface area contributed by atoms with Gasteiger partial charge in [-0.05, 0) is 73.0 Å². The van der Waals surface area contributed by atoms with Crippen LogP contribution in [0.4, 0.5) is 17.6 Å². The van der Waals surface area contributed by atoms with Gasteiger partial charge in [0, 0.05) is 25.9 Å². The summed E-state index contributed by atoms with van der Waals surface area (Å²) in [6, 6.07) is 15.1. The predicted molar refractivity (Wildman–Crippen MR) is 119 cm³/mol. The van der Waals surface area contributed by atoms with Crippen LogP contribution >= 0.6 is 0 Å². The van der Waals surface area contributed by atoms with Crippen molar-refractivity contribution in [3.8, 4) is 23.9 Å². The van der Waals surface area contributed by atoms with Crippen LogP contribution in [-0.2, 0) is 0 Å². The third kappa shape index (κ3) is 5.34. The Bertz CT molecular complexity index is 1180. The van der Waals surface area contributed by atoms with E-state index in [1.165, 1.54) is 6.08 Å². The van der Waals surface area contributed by atoms with Crippen molar-refractivity contribution in [1.82, 2.24) is 15.0 Å². The molecule has 3 aromatic rings. The number of anilines is 3. The molecule has 0 unspecified atom stereocenters. The molecule has 0 atom stereocenters. The summed E-state index contributed by atoms with van der Waals surface area (Å²) in [4.78, 5) is 15.0. The molecule has 0 bridgehead atoms. The minimum Gasteiger partial charge on any atom is -0.424 e. The van der Waals surface area contributed by atoms with E-state index in [-0.39, 0.29) is 6.01 Å². The quantitative estimate of drug-likeness (QED) is 0.590. The zero-order valence-electron chi connectivity index (χ0n) is 17.7. The topological polar surface area (TPSA) is 111 Å². The average Bonchev–Trinajstić information content (AvgIpc) is 2.75. The molecule has 1 N–H and O–H groups in total. The lowest BCUT2D eigenvalue weighted by atomic mass is 10.1. The Morgan fingerprint density at radius 1 is 1.00 bits per heavy atom. The fourth-order valence-corrected chi connectivity index (χ4v) is 2.87. The smallest absolute Gasteiger partial charge is 0.328 e. The average molecular weight is 411 g/mol. The summed E-state index contributed by atoms with van der Waals surface area (Å²) >= 11 is 0. The summed E-state index contributed by atoms with van der Waals surface area (Å²) in [5.74, 6) is 1.40. The molecule has 0 saturated carbocycles. The highest BCUT2D eigenvalue weighted by molar-refractivity contribution is 5.59. The van der Waals surface area contributed by atoms with Crippen LogP contribution in [0.3, 0.4) is 0 Å². The van der Waals surface area contributed by atoms with Crippen LogP contribution in [0.2, 0.25) is 0 Å². The standard InChI is InChI=1S/C23H21N7O/c1-15-12-18(6-5-11-24)13-16(2)20(15)31-23-28-21(27-22(29-23)30(3)4)26-19-9-7-17(14-25)8-10-19/h5-10,12-13H,1-4H3,(H,26,27,28,29)/b6-5+. The van der Waals surface area contributed by atoms with Crippen molar-refractivity contribution in [1.29, 1.82) is 10.5 Å². The van der Waals surface area contributed by atoms with Gasteiger partial charge in [-0.25, -0.2) is 0 Å². The second-order valence-corrected chi connectivity index (χ2v) is 7.00. The number of ether oxygens (including phenoxy) is 1. The van der Waals surface area contributed by atoms with Crippen LogP contribution in [-0.4, -0.2) is 29.0 Å². The van der Waals surface area contributed by atoms with E-state index in [0.29, 0.717) is 23.2 Å². The Kier molecular flexibility index (Phi) is 6.44. The molecule has 0 aliphatic rings. The zero-order chi connectivity index (χ0) is 22.4. The van der Waals surface area contributed by atoms with E-state index in [9.17, 15) is 0 Å². The second-order valence-electron chi connectivity index (χ2n) is 7.00. The maximum atomic E-state index is 8.95. The summed E-state index contributed by atoms with van der Waals surface area (Å²) in [7, 11) is 3.66. The highest BCUT2D eigenvalue weighted by Gasteiger charge is 2.14. The lowest BCUT2D eigenvalue weighted by Gasteiger charge is -2.15. The maximum Gasteiger partial charge on any atom is 0.328 e. The van der Waals surface area contributed by atoms with Crippen LogP contribution < -0.4 is 15.0 Å². The first kappa shape index (κ1) is 21.3. The molecule has 0 radical (unpaired) electrons. The number of rotatable bonds is 6. The van der Waals surface area contributed by atoms with E-state index < -0.39 is 0 Å². The van der Waals surface area contributed by atoms with Crippen LogP contribution in [0.5, 0.6) is 11.8 Å². The molecule has 2 aromatic carbocycles. The fraction of sp³-hybridized carbons (Fsp3) is 0.174. The Balaban J connectivity index is 1.93. The molecule has 0 aliphatic carbocycles. The Labute approximate surface area is 181 Å². The summed E-state index contributed by atoms with van der Waals surface area (Å²) in [5.41, 5.74) is 4.01. The molecular formula is C23H21N7O. The van der Waals surface area contributed by atoms with Gasteiger partial charge in [-0.1, -0.05) is 0 Å². The number of nitriles is 2. The van der Waals surface area contributed by atoms with E-state index in [0.717, 1.165) is 22.4 Å². The molecule has 154 valence electrons. The Morgan fingerprint density at radius 3 is 2.26 bits per heavy atom. The van der Waals surface area contributed by atoms with Gasteiger partial charge in [0.2, 0.25) is 11.9 Å². The van der Waals surface area contributed by atoms with Crippen molar-refractivity contribution >= 4 is 23.7 Å². The predicted octanol–water partition coefficient (Wildman–Crippen LogP) is 4.50. The van der Waals surface area contributed by atoms with Crippen molar-refractivity contribution in [2.24, 2.45) is 0 Å².